The van der Waals surface area contributed by atoms with Gasteiger partial charge in [0.1, 0.15) is 11.4 Å². The molecule has 1 aromatic rings. The Morgan fingerprint density at radius 1 is 1.23 bits per heavy atom. The Bertz CT molecular complexity index is 913. The first-order valence-electron chi connectivity index (χ1n) is 12.6. The minimum absolute atomic E-state index is 0.0707. The summed E-state index contributed by atoms with van der Waals surface area (Å²) in [5, 5.41) is 12.7. The number of nitrogens with zero attached hydrogens (tertiary/aromatic N) is 2. The molecule has 3 rings (SSSR count). The number of aromatic hydroxyl groups is 1. The predicted octanol–water partition coefficient (Wildman–Crippen LogP) is 3.85. The Morgan fingerprint density at radius 2 is 2.00 bits per heavy atom. The lowest BCUT2D eigenvalue weighted by molar-refractivity contribution is -0.129. The van der Waals surface area contributed by atoms with Crippen LogP contribution >= 0.6 is 0 Å². The summed E-state index contributed by atoms with van der Waals surface area (Å²) in [4.78, 5) is 40.6. The van der Waals surface area contributed by atoms with Crippen molar-refractivity contribution in [3.8, 4) is 11.5 Å². The average molecular weight is 488 g/mol. The van der Waals surface area contributed by atoms with Crippen LogP contribution in [0, 0.1) is 0 Å². The molecule has 0 aromatic heterocycles. The van der Waals surface area contributed by atoms with Gasteiger partial charge in [0.25, 0.3) is 5.91 Å². The summed E-state index contributed by atoms with van der Waals surface area (Å²) in [5.41, 5.74) is 1.01. The van der Waals surface area contributed by atoms with E-state index in [1.807, 2.05) is 11.8 Å². The van der Waals surface area contributed by atoms with Gasteiger partial charge >= 0.3 is 6.09 Å². The molecule has 9 nitrogen and oxygen atoms in total. The number of carbonyl (C=O) groups is 3. The highest BCUT2D eigenvalue weighted by Gasteiger charge is 2.27. The smallest absolute Gasteiger partial charge is 0.409 e. The van der Waals surface area contributed by atoms with Crippen LogP contribution in [0.15, 0.2) is 24.8 Å². The van der Waals surface area contributed by atoms with Gasteiger partial charge in [-0.3, -0.25) is 9.59 Å². The first-order chi connectivity index (χ1) is 16.9. The molecule has 1 aromatic carbocycles. The first kappa shape index (κ1) is 26.4. The SMILES string of the molecule is C=CC(=O)N(CCN(CCc1ccc(O)c2c1OCC(=O)N2)C(=O)OCCCC)C1CCCCC1. The van der Waals surface area contributed by atoms with Gasteiger partial charge in [-0.1, -0.05) is 45.3 Å². The molecular weight excluding hydrogens is 450 g/mol. The van der Waals surface area contributed by atoms with E-state index >= 15 is 0 Å². The van der Waals surface area contributed by atoms with Gasteiger partial charge in [0.2, 0.25) is 5.91 Å². The third-order valence-corrected chi connectivity index (χ3v) is 6.55. The monoisotopic (exact) mass is 487 g/mol. The van der Waals surface area contributed by atoms with Gasteiger partial charge in [0.05, 0.1) is 6.61 Å². The Balaban J connectivity index is 1.71. The molecule has 1 aliphatic heterocycles. The Kier molecular flexibility index (Phi) is 9.81. The number of anilines is 1. The van der Waals surface area contributed by atoms with Crippen molar-refractivity contribution in [2.45, 2.75) is 64.3 Å². The quantitative estimate of drug-likeness (QED) is 0.279. The van der Waals surface area contributed by atoms with Crippen LogP contribution in [0.3, 0.4) is 0 Å². The van der Waals surface area contributed by atoms with Gasteiger partial charge in [0.15, 0.2) is 12.4 Å². The van der Waals surface area contributed by atoms with Gasteiger partial charge in [-0.2, -0.15) is 0 Å². The normalized spacial score (nSPS) is 15.4. The van der Waals surface area contributed by atoms with Crippen LogP contribution in [-0.4, -0.2) is 71.7 Å². The Labute approximate surface area is 207 Å². The van der Waals surface area contributed by atoms with Crippen molar-refractivity contribution in [1.82, 2.24) is 9.80 Å². The number of phenols is 1. The molecule has 3 amide bonds. The number of hydrogen-bond acceptors (Lipinski definition) is 6. The summed E-state index contributed by atoms with van der Waals surface area (Å²) in [5.74, 6) is -0.109. The van der Waals surface area contributed by atoms with E-state index in [4.69, 9.17) is 9.47 Å². The number of ether oxygens (including phenoxy) is 2. The fourth-order valence-electron chi connectivity index (χ4n) is 4.57. The molecule has 2 N–H and O–H groups in total. The molecule has 1 heterocycles. The zero-order valence-electron chi connectivity index (χ0n) is 20.6. The predicted molar refractivity (Wildman–Crippen MR) is 133 cm³/mol. The van der Waals surface area contributed by atoms with Crippen LogP contribution in [-0.2, 0) is 20.7 Å². The average Bonchev–Trinajstić information content (AvgIpc) is 2.87. The molecule has 0 spiro atoms. The number of rotatable bonds is 11. The second-order valence-electron chi connectivity index (χ2n) is 9.02. The van der Waals surface area contributed by atoms with Crippen LogP contribution in [0.5, 0.6) is 11.5 Å². The van der Waals surface area contributed by atoms with Crippen molar-refractivity contribution in [3.05, 3.63) is 30.4 Å². The second kappa shape index (κ2) is 13.0. The van der Waals surface area contributed by atoms with Crippen LogP contribution in [0.2, 0.25) is 0 Å². The van der Waals surface area contributed by atoms with E-state index in [1.54, 1.807) is 11.0 Å². The zero-order chi connectivity index (χ0) is 25.2. The van der Waals surface area contributed by atoms with E-state index < -0.39 is 6.09 Å². The van der Waals surface area contributed by atoms with E-state index in [1.165, 1.54) is 18.6 Å². The van der Waals surface area contributed by atoms with E-state index in [0.29, 0.717) is 38.4 Å². The van der Waals surface area contributed by atoms with Crippen LogP contribution < -0.4 is 10.1 Å². The van der Waals surface area contributed by atoms with E-state index in [2.05, 4.69) is 11.9 Å². The number of fused-ring (bicyclic) bond motifs is 1. The lowest BCUT2D eigenvalue weighted by Crippen LogP contribution is -2.46. The summed E-state index contributed by atoms with van der Waals surface area (Å²) in [6.07, 6.45) is 8.34. The largest absolute Gasteiger partial charge is 0.506 e. The second-order valence-corrected chi connectivity index (χ2v) is 9.02. The van der Waals surface area contributed by atoms with Crippen LogP contribution in [0.4, 0.5) is 10.5 Å². The van der Waals surface area contributed by atoms with Gasteiger partial charge in [-0.25, -0.2) is 4.79 Å². The summed E-state index contributed by atoms with van der Waals surface area (Å²) >= 11 is 0. The Hall–Kier alpha value is -3.23. The first-order valence-corrected chi connectivity index (χ1v) is 12.6. The summed E-state index contributed by atoms with van der Waals surface area (Å²) in [6, 6.07) is 3.39. The zero-order valence-corrected chi connectivity index (χ0v) is 20.6. The maximum absolute atomic E-state index is 12.9. The molecule has 9 heteroatoms. The molecule has 1 aliphatic carbocycles. The maximum Gasteiger partial charge on any atom is 0.409 e. The lowest BCUT2D eigenvalue weighted by atomic mass is 9.94. The highest BCUT2D eigenvalue weighted by molar-refractivity contribution is 5.97. The molecule has 192 valence electrons. The van der Waals surface area contributed by atoms with Gasteiger partial charge in [-0.05, 0) is 43.4 Å². The number of carbonyl (C=O) groups excluding carboxylic acids is 3. The third-order valence-electron chi connectivity index (χ3n) is 6.55. The fourth-order valence-corrected chi connectivity index (χ4v) is 4.57. The molecule has 2 aliphatic rings. The number of nitrogens with one attached hydrogen (secondary N) is 1. The summed E-state index contributed by atoms with van der Waals surface area (Å²) in [6.45, 7) is 6.96. The standard InChI is InChI=1S/C26H37N3O6/c1-3-5-17-34-26(33)28(15-16-29(23(32)4-2)20-9-7-6-8-10-20)14-13-19-11-12-21(30)24-25(19)35-18-22(31)27-24/h4,11-12,20,30H,2-3,5-10,13-18H2,1H3,(H,27,31). The molecular formula is C26H37N3O6. The van der Waals surface area contributed by atoms with Crippen LogP contribution in [0.1, 0.15) is 57.4 Å². The minimum atomic E-state index is -0.421. The fraction of sp³-hybridized carbons (Fsp3) is 0.577. The number of benzene rings is 1. The number of phenolic OH excluding ortho intramolecular Hbond substituents is 1. The van der Waals surface area contributed by atoms with E-state index in [-0.39, 0.29) is 35.9 Å². The molecule has 0 bridgehead atoms. The molecule has 1 fully saturated rings. The third kappa shape index (κ3) is 7.13. The Morgan fingerprint density at radius 3 is 2.71 bits per heavy atom. The van der Waals surface area contributed by atoms with Crippen molar-refractivity contribution >= 4 is 23.6 Å². The summed E-state index contributed by atoms with van der Waals surface area (Å²) < 4.78 is 11.1. The highest BCUT2D eigenvalue weighted by Crippen LogP contribution is 2.39. The summed E-state index contributed by atoms with van der Waals surface area (Å²) in [7, 11) is 0. The van der Waals surface area contributed by atoms with Crippen molar-refractivity contribution < 1.29 is 29.0 Å². The van der Waals surface area contributed by atoms with Gasteiger partial charge in [-0.15, -0.1) is 0 Å². The molecule has 0 saturated heterocycles. The van der Waals surface area contributed by atoms with Gasteiger partial charge < -0.3 is 29.7 Å². The molecule has 0 atom stereocenters. The van der Waals surface area contributed by atoms with Crippen LogP contribution in [0.25, 0.3) is 0 Å². The topological polar surface area (TPSA) is 108 Å². The van der Waals surface area contributed by atoms with E-state index in [9.17, 15) is 19.5 Å². The molecule has 1 saturated carbocycles. The lowest BCUT2D eigenvalue weighted by Gasteiger charge is -2.35. The van der Waals surface area contributed by atoms with Gasteiger partial charge in [0, 0.05) is 25.7 Å². The van der Waals surface area contributed by atoms with Crippen molar-refractivity contribution in [2.75, 3.05) is 38.2 Å². The van der Waals surface area contributed by atoms with E-state index in [0.717, 1.165) is 44.1 Å². The van der Waals surface area contributed by atoms with Crippen molar-refractivity contribution in [2.24, 2.45) is 0 Å². The minimum Gasteiger partial charge on any atom is -0.506 e. The molecule has 0 radical (unpaired) electrons. The molecule has 0 unspecified atom stereocenters. The molecule has 35 heavy (non-hydrogen) atoms. The number of unbranched alkanes of at least 4 members (excludes halogenated alkanes) is 1. The number of hydrogen-bond donors (Lipinski definition) is 2. The highest BCUT2D eigenvalue weighted by atomic mass is 16.6. The number of amides is 3. The van der Waals surface area contributed by atoms with Crippen molar-refractivity contribution in [3.63, 3.8) is 0 Å². The van der Waals surface area contributed by atoms with Crippen molar-refractivity contribution in [1.29, 1.82) is 0 Å². The maximum atomic E-state index is 12.9.